The number of hydrogen-bond donors (Lipinski definition) is 1. The number of nitrogens with one attached hydrogen (secondary N) is 1. The molecule has 0 bridgehead atoms. The standard InChI is InChI=1S/C16H30N2O/c1-7-8-15(11-17-16(3,4)5)18(6)12-14-9-10-19-13(14)2/h9-10,15,17H,7-8,11-12H2,1-6H3. The Hall–Kier alpha value is -0.800. The van der Waals surface area contributed by atoms with Crippen LogP contribution in [0.1, 0.15) is 51.9 Å². The largest absolute Gasteiger partial charge is 0.469 e. The van der Waals surface area contributed by atoms with Crippen LogP contribution in [0.15, 0.2) is 16.7 Å². The van der Waals surface area contributed by atoms with Crippen molar-refractivity contribution in [2.24, 2.45) is 0 Å². The molecule has 1 N–H and O–H groups in total. The van der Waals surface area contributed by atoms with Crippen LogP contribution in [0, 0.1) is 6.92 Å². The summed E-state index contributed by atoms with van der Waals surface area (Å²) in [5.41, 5.74) is 1.47. The SMILES string of the molecule is CCCC(CNC(C)(C)C)N(C)Cc1ccoc1C. The average molecular weight is 266 g/mol. The Labute approximate surface area is 118 Å². The molecule has 110 valence electrons. The lowest BCUT2D eigenvalue weighted by molar-refractivity contribution is 0.201. The molecule has 0 spiro atoms. The van der Waals surface area contributed by atoms with Gasteiger partial charge in [-0.1, -0.05) is 13.3 Å². The lowest BCUT2D eigenvalue weighted by Gasteiger charge is -2.31. The van der Waals surface area contributed by atoms with Gasteiger partial charge in [0.2, 0.25) is 0 Å². The summed E-state index contributed by atoms with van der Waals surface area (Å²) in [6.45, 7) is 12.9. The molecule has 0 aliphatic rings. The van der Waals surface area contributed by atoms with Gasteiger partial charge in [0.15, 0.2) is 0 Å². The molecule has 3 heteroatoms. The Kier molecular flexibility index (Phi) is 6.08. The van der Waals surface area contributed by atoms with Crippen molar-refractivity contribution in [3.63, 3.8) is 0 Å². The number of furan rings is 1. The fourth-order valence-electron chi connectivity index (χ4n) is 2.21. The normalized spacial score (nSPS) is 14.1. The first kappa shape index (κ1) is 16.3. The fraction of sp³-hybridized carbons (Fsp3) is 0.750. The molecule has 0 fully saturated rings. The van der Waals surface area contributed by atoms with Gasteiger partial charge in [-0.05, 0) is 47.2 Å². The third kappa shape index (κ3) is 5.79. The second-order valence-electron chi connectivity index (χ2n) is 6.49. The minimum atomic E-state index is 0.179. The quantitative estimate of drug-likeness (QED) is 0.817. The van der Waals surface area contributed by atoms with Gasteiger partial charge in [-0.3, -0.25) is 4.90 Å². The van der Waals surface area contributed by atoms with E-state index in [0.29, 0.717) is 6.04 Å². The second kappa shape index (κ2) is 7.11. The van der Waals surface area contributed by atoms with Gasteiger partial charge < -0.3 is 9.73 Å². The Bertz CT molecular complexity index is 365. The summed E-state index contributed by atoms with van der Waals surface area (Å²) in [6, 6.07) is 2.64. The Morgan fingerprint density at radius 1 is 1.37 bits per heavy atom. The van der Waals surface area contributed by atoms with Crippen LogP contribution < -0.4 is 5.32 Å². The van der Waals surface area contributed by atoms with E-state index >= 15 is 0 Å². The van der Waals surface area contributed by atoms with Crippen LogP contribution in [0.4, 0.5) is 0 Å². The first-order valence-corrected chi connectivity index (χ1v) is 7.31. The molecule has 1 rings (SSSR count). The summed E-state index contributed by atoms with van der Waals surface area (Å²) in [7, 11) is 2.21. The van der Waals surface area contributed by atoms with E-state index < -0.39 is 0 Å². The van der Waals surface area contributed by atoms with Crippen LogP contribution in [0.3, 0.4) is 0 Å². The minimum absolute atomic E-state index is 0.179. The van der Waals surface area contributed by atoms with Crippen LogP contribution in [-0.4, -0.2) is 30.1 Å². The molecular weight excluding hydrogens is 236 g/mol. The lowest BCUT2D eigenvalue weighted by atomic mass is 10.1. The van der Waals surface area contributed by atoms with Gasteiger partial charge in [0, 0.05) is 30.2 Å². The monoisotopic (exact) mass is 266 g/mol. The highest BCUT2D eigenvalue weighted by atomic mass is 16.3. The lowest BCUT2D eigenvalue weighted by Crippen LogP contribution is -2.46. The fourth-order valence-corrected chi connectivity index (χ4v) is 2.21. The smallest absolute Gasteiger partial charge is 0.105 e. The van der Waals surface area contributed by atoms with Gasteiger partial charge >= 0.3 is 0 Å². The van der Waals surface area contributed by atoms with Gasteiger partial charge in [-0.25, -0.2) is 0 Å². The third-order valence-electron chi connectivity index (χ3n) is 3.50. The summed E-state index contributed by atoms with van der Waals surface area (Å²) >= 11 is 0. The van der Waals surface area contributed by atoms with E-state index in [2.05, 4.69) is 51.0 Å². The van der Waals surface area contributed by atoms with Gasteiger partial charge in [-0.15, -0.1) is 0 Å². The first-order chi connectivity index (χ1) is 8.83. The maximum atomic E-state index is 5.38. The number of hydrogen-bond acceptors (Lipinski definition) is 3. The molecule has 1 aromatic heterocycles. The highest BCUT2D eigenvalue weighted by Crippen LogP contribution is 2.15. The van der Waals surface area contributed by atoms with Gasteiger partial charge in [0.25, 0.3) is 0 Å². The van der Waals surface area contributed by atoms with Crippen LogP contribution in [0.5, 0.6) is 0 Å². The van der Waals surface area contributed by atoms with E-state index in [4.69, 9.17) is 4.42 Å². The molecular formula is C16H30N2O. The number of nitrogens with zero attached hydrogens (tertiary/aromatic N) is 1. The molecule has 0 aromatic carbocycles. The van der Waals surface area contributed by atoms with Crippen molar-refractivity contribution in [2.45, 2.75) is 65.6 Å². The number of rotatable bonds is 7. The Morgan fingerprint density at radius 2 is 2.05 bits per heavy atom. The Morgan fingerprint density at radius 3 is 2.53 bits per heavy atom. The summed E-state index contributed by atoms with van der Waals surface area (Å²) in [4.78, 5) is 2.43. The topological polar surface area (TPSA) is 28.4 Å². The van der Waals surface area contributed by atoms with Crippen molar-refractivity contribution in [3.8, 4) is 0 Å². The molecule has 19 heavy (non-hydrogen) atoms. The third-order valence-corrected chi connectivity index (χ3v) is 3.50. The summed E-state index contributed by atoms with van der Waals surface area (Å²) in [5.74, 6) is 1.03. The van der Waals surface area contributed by atoms with Crippen LogP contribution in [0.2, 0.25) is 0 Å². The van der Waals surface area contributed by atoms with Crippen molar-refractivity contribution in [1.29, 1.82) is 0 Å². The van der Waals surface area contributed by atoms with Crippen LogP contribution >= 0.6 is 0 Å². The first-order valence-electron chi connectivity index (χ1n) is 7.31. The minimum Gasteiger partial charge on any atom is -0.469 e. The zero-order valence-corrected chi connectivity index (χ0v) is 13.4. The highest BCUT2D eigenvalue weighted by Gasteiger charge is 2.18. The maximum absolute atomic E-state index is 5.38. The molecule has 3 nitrogen and oxygen atoms in total. The van der Waals surface area contributed by atoms with Crippen molar-refractivity contribution in [3.05, 3.63) is 23.7 Å². The molecule has 1 unspecified atom stereocenters. The number of aryl methyl sites for hydroxylation is 1. The molecule has 1 aromatic rings. The van der Waals surface area contributed by atoms with Crippen molar-refractivity contribution in [1.82, 2.24) is 10.2 Å². The van der Waals surface area contributed by atoms with E-state index in [1.807, 2.05) is 6.92 Å². The van der Waals surface area contributed by atoms with E-state index in [1.54, 1.807) is 6.26 Å². The van der Waals surface area contributed by atoms with E-state index in [1.165, 1.54) is 18.4 Å². The highest BCUT2D eigenvalue weighted by molar-refractivity contribution is 5.15. The molecule has 1 atom stereocenters. The van der Waals surface area contributed by atoms with E-state index in [9.17, 15) is 0 Å². The molecule has 0 aliphatic heterocycles. The van der Waals surface area contributed by atoms with Crippen LogP contribution in [0.25, 0.3) is 0 Å². The predicted molar refractivity (Wildman–Crippen MR) is 81.4 cm³/mol. The molecule has 1 heterocycles. The number of likely N-dealkylation sites (N-methyl/N-ethyl adjacent to an activating group) is 1. The molecule has 0 amide bonds. The average Bonchev–Trinajstić information content (AvgIpc) is 2.69. The predicted octanol–water partition coefficient (Wildman–Crippen LogP) is 3.58. The summed E-state index contributed by atoms with van der Waals surface area (Å²) < 4.78 is 5.38. The Balaban J connectivity index is 2.57. The maximum Gasteiger partial charge on any atom is 0.105 e. The molecule has 0 radical (unpaired) electrons. The molecule has 0 saturated heterocycles. The van der Waals surface area contributed by atoms with Gasteiger partial charge in [0.1, 0.15) is 5.76 Å². The molecule has 0 saturated carbocycles. The second-order valence-corrected chi connectivity index (χ2v) is 6.49. The van der Waals surface area contributed by atoms with E-state index in [0.717, 1.165) is 18.8 Å². The van der Waals surface area contributed by atoms with Crippen molar-refractivity contribution < 1.29 is 4.42 Å². The zero-order chi connectivity index (χ0) is 14.5. The van der Waals surface area contributed by atoms with Crippen molar-refractivity contribution >= 4 is 0 Å². The van der Waals surface area contributed by atoms with E-state index in [-0.39, 0.29) is 5.54 Å². The van der Waals surface area contributed by atoms with Gasteiger partial charge in [0.05, 0.1) is 6.26 Å². The summed E-state index contributed by atoms with van der Waals surface area (Å²) in [6.07, 6.45) is 4.21. The van der Waals surface area contributed by atoms with Crippen LogP contribution in [-0.2, 0) is 6.54 Å². The van der Waals surface area contributed by atoms with Gasteiger partial charge in [-0.2, -0.15) is 0 Å². The molecule has 0 aliphatic carbocycles. The zero-order valence-electron chi connectivity index (χ0n) is 13.4. The van der Waals surface area contributed by atoms with Crippen molar-refractivity contribution in [2.75, 3.05) is 13.6 Å². The summed E-state index contributed by atoms with van der Waals surface area (Å²) in [5, 5.41) is 3.62.